The monoisotopic (exact) mass is 507 g/mol. The van der Waals surface area contributed by atoms with Crippen LogP contribution in [-0.4, -0.2) is 54.9 Å². The Hall–Kier alpha value is -0.910. The van der Waals surface area contributed by atoms with Crippen molar-refractivity contribution >= 4 is 46.2 Å². The molecule has 2 aromatic heterocycles. The van der Waals surface area contributed by atoms with E-state index >= 15 is 0 Å². The molecule has 9 heteroatoms. The number of fused-ring (bicyclic) bond motifs is 1. The van der Waals surface area contributed by atoms with Crippen molar-refractivity contribution in [2.45, 2.75) is 32.7 Å². The Labute approximate surface area is 182 Å². The normalized spacial score (nSPS) is 15.7. The molecule has 2 N–H and O–H groups in total. The van der Waals surface area contributed by atoms with Crippen molar-refractivity contribution in [2.24, 2.45) is 10.9 Å². The Kier molecular flexibility index (Phi) is 10.4. The van der Waals surface area contributed by atoms with Crippen molar-refractivity contribution in [1.82, 2.24) is 20.0 Å². The molecule has 1 aliphatic heterocycles. The minimum atomic E-state index is 0. The number of aromatic nitrogens is 2. The summed E-state index contributed by atoms with van der Waals surface area (Å²) in [5.41, 5.74) is 0.980. The minimum absolute atomic E-state index is 0. The first-order chi connectivity index (χ1) is 12.8. The van der Waals surface area contributed by atoms with E-state index in [-0.39, 0.29) is 24.0 Å². The fraction of sp³-hybridized carbons (Fsp3) is 0.667. The van der Waals surface area contributed by atoms with Crippen molar-refractivity contribution in [1.29, 1.82) is 0 Å². The Morgan fingerprint density at radius 2 is 2.26 bits per heavy atom. The lowest BCUT2D eigenvalue weighted by atomic mass is 10.0. The van der Waals surface area contributed by atoms with Crippen LogP contribution in [0.3, 0.4) is 0 Å². The van der Waals surface area contributed by atoms with Crippen LogP contribution < -0.4 is 10.6 Å². The number of hydrogen-bond donors (Lipinski definition) is 2. The molecular weight excluding hydrogens is 477 g/mol. The average molecular weight is 507 g/mol. The first-order valence-corrected chi connectivity index (χ1v) is 10.3. The quantitative estimate of drug-likeness (QED) is 0.237. The van der Waals surface area contributed by atoms with Crippen molar-refractivity contribution in [3.63, 3.8) is 0 Å². The van der Waals surface area contributed by atoms with Crippen molar-refractivity contribution in [2.75, 3.05) is 39.5 Å². The molecule has 152 valence electrons. The zero-order valence-electron chi connectivity index (χ0n) is 15.9. The molecule has 0 radical (unpaired) electrons. The van der Waals surface area contributed by atoms with Crippen LogP contribution in [0, 0.1) is 5.92 Å². The Morgan fingerprint density at radius 1 is 1.41 bits per heavy atom. The van der Waals surface area contributed by atoms with Crippen LogP contribution in [0.5, 0.6) is 0 Å². The molecule has 0 saturated carbocycles. The molecule has 27 heavy (non-hydrogen) atoms. The summed E-state index contributed by atoms with van der Waals surface area (Å²) in [5.74, 6) is 1.49. The van der Waals surface area contributed by atoms with Gasteiger partial charge in [0, 0.05) is 57.3 Å². The molecule has 0 aliphatic carbocycles. The van der Waals surface area contributed by atoms with E-state index in [4.69, 9.17) is 9.47 Å². The highest BCUT2D eigenvalue weighted by atomic mass is 127. The maximum Gasteiger partial charge on any atom is 0.193 e. The van der Waals surface area contributed by atoms with Crippen molar-refractivity contribution in [3.05, 3.63) is 23.5 Å². The Bertz CT molecular complexity index is 656. The zero-order valence-corrected chi connectivity index (χ0v) is 19.0. The van der Waals surface area contributed by atoms with E-state index < -0.39 is 0 Å². The number of rotatable bonds is 9. The molecule has 0 unspecified atom stereocenters. The van der Waals surface area contributed by atoms with Gasteiger partial charge in [0.05, 0.1) is 12.2 Å². The van der Waals surface area contributed by atoms with Crippen molar-refractivity contribution < 1.29 is 9.47 Å². The van der Waals surface area contributed by atoms with E-state index in [1.54, 1.807) is 11.3 Å². The number of nitrogens with zero attached hydrogens (tertiary/aromatic N) is 3. The fourth-order valence-corrected chi connectivity index (χ4v) is 3.62. The minimum Gasteiger partial charge on any atom is -0.381 e. The molecule has 0 spiro atoms. The fourth-order valence-electron chi connectivity index (χ4n) is 2.90. The predicted octanol–water partition coefficient (Wildman–Crippen LogP) is 2.90. The molecule has 0 amide bonds. The third-order valence-electron chi connectivity index (χ3n) is 4.34. The number of thiazole rings is 1. The van der Waals surface area contributed by atoms with Gasteiger partial charge in [-0.15, -0.1) is 35.3 Å². The smallest absolute Gasteiger partial charge is 0.193 e. The second kappa shape index (κ2) is 12.5. The molecule has 3 rings (SSSR count). The van der Waals surface area contributed by atoms with Gasteiger partial charge in [-0.25, -0.2) is 9.98 Å². The number of halogens is 1. The van der Waals surface area contributed by atoms with E-state index in [0.717, 1.165) is 75.4 Å². The topological polar surface area (TPSA) is 72.2 Å². The summed E-state index contributed by atoms with van der Waals surface area (Å²) in [6.45, 7) is 7.72. The summed E-state index contributed by atoms with van der Waals surface area (Å²) in [6, 6.07) is 0. The maximum absolute atomic E-state index is 5.80. The van der Waals surface area contributed by atoms with Gasteiger partial charge in [-0.3, -0.25) is 4.40 Å². The van der Waals surface area contributed by atoms with Gasteiger partial charge in [0.25, 0.3) is 0 Å². The summed E-state index contributed by atoms with van der Waals surface area (Å²) in [7, 11) is 0. The van der Waals surface area contributed by atoms with E-state index in [2.05, 4.69) is 27.5 Å². The second-order valence-electron chi connectivity index (χ2n) is 6.43. The lowest BCUT2D eigenvalue weighted by Crippen LogP contribution is -2.38. The molecule has 2 aromatic rings. The van der Waals surface area contributed by atoms with Crippen LogP contribution >= 0.6 is 35.3 Å². The number of ether oxygens (including phenoxy) is 2. The summed E-state index contributed by atoms with van der Waals surface area (Å²) >= 11 is 1.64. The standard InChI is InChI=1S/C18H29N5O2S.HI/c1-2-19-17(21-12-16-13-23-7-11-26-18(23)22-16)20-6-3-8-25-14-15-4-9-24-10-5-15;/h7,11,13,15H,2-6,8-10,12,14H2,1H3,(H2,19,20,21);1H. The first kappa shape index (κ1) is 22.4. The van der Waals surface area contributed by atoms with Crippen molar-refractivity contribution in [3.8, 4) is 0 Å². The molecule has 3 heterocycles. The third-order valence-corrected chi connectivity index (χ3v) is 5.11. The third kappa shape index (κ3) is 7.55. The SMILES string of the molecule is CCNC(=NCc1cn2ccsc2n1)NCCCOCC1CCOCC1.I. The molecule has 1 saturated heterocycles. The molecule has 1 fully saturated rings. The summed E-state index contributed by atoms with van der Waals surface area (Å²) in [4.78, 5) is 10.2. The summed E-state index contributed by atoms with van der Waals surface area (Å²) in [6.07, 6.45) is 7.27. The van der Waals surface area contributed by atoms with Gasteiger partial charge < -0.3 is 20.1 Å². The zero-order chi connectivity index (χ0) is 18.0. The molecule has 1 aliphatic rings. The summed E-state index contributed by atoms with van der Waals surface area (Å²) < 4.78 is 13.2. The van der Waals surface area contributed by atoms with Gasteiger partial charge in [-0.05, 0) is 32.1 Å². The Balaban J connectivity index is 0.00000261. The maximum atomic E-state index is 5.80. The lowest BCUT2D eigenvalue weighted by molar-refractivity contribution is 0.0203. The highest BCUT2D eigenvalue weighted by molar-refractivity contribution is 14.0. The number of hydrogen-bond acceptors (Lipinski definition) is 5. The number of imidazole rings is 1. The number of nitrogens with one attached hydrogen (secondary N) is 2. The van der Waals surface area contributed by atoms with Gasteiger partial charge >= 0.3 is 0 Å². The van der Waals surface area contributed by atoms with Gasteiger partial charge in [-0.1, -0.05) is 0 Å². The van der Waals surface area contributed by atoms with Gasteiger partial charge in [-0.2, -0.15) is 0 Å². The van der Waals surface area contributed by atoms with E-state index in [1.165, 1.54) is 0 Å². The van der Waals surface area contributed by atoms with Gasteiger partial charge in [0.15, 0.2) is 10.9 Å². The molecule has 0 aromatic carbocycles. The van der Waals surface area contributed by atoms with Crippen LogP contribution in [0.15, 0.2) is 22.8 Å². The lowest BCUT2D eigenvalue weighted by Gasteiger charge is -2.21. The summed E-state index contributed by atoms with van der Waals surface area (Å²) in [5, 5.41) is 8.67. The van der Waals surface area contributed by atoms with Crippen LogP contribution in [-0.2, 0) is 16.0 Å². The number of guanidine groups is 1. The van der Waals surface area contributed by atoms with E-state index in [1.807, 2.05) is 22.2 Å². The van der Waals surface area contributed by atoms with Gasteiger partial charge in [0.2, 0.25) is 0 Å². The highest BCUT2D eigenvalue weighted by Crippen LogP contribution is 2.14. The molecule has 0 atom stereocenters. The second-order valence-corrected chi connectivity index (χ2v) is 7.30. The average Bonchev–Trinajstić information content (AvgIpc) is 3.25. The molecule has 0 bridgehead atoms. The van der Waals surface area contributed by atoms with Gasteiger partial charge in [0.1, 0.15) is 0 Å². The van der Waals surface area contributed by atoms with E-state index in [9.17, 15) is 0 Å². The predicted molar refractivity (Wildman–Crippen MR) is 120 cm³/mol. The molecule has 7 nitrogen and oxygen atoms in total. The first-order valence-electron chi connectivity index (χ1n) is 9.44. The number of aliphatic imine (C=N–C) groups is 1. The van der Waals surface area contributed by atoms with Crippen LogP contribution in [0.4, 0.5) is 0 Å². The van der Waals surface area contributed by atoms with Crippen LogP contribution in [0.1, 0.15) is 31.9 Å². The molecular formula is C18H30IN5O2S. The Morgan fingerprint density at radius 3 is 3.04 bits per heavy atom. The highest BCUT2D eigenvalue weighted by Gasteiger charge is 2.13. The largest absolute Gasteiger partial charge is 0.381 e. The van der Waals surface area contributed by atoms with Crippen LogP contribution in [0.2, 0.25) is 0 Å². The van der Waals surface area contributed by atoms with E-state index in [0.29, 0.717) is 12.5 Å². The van der Waals surface area contributed by atoms with Crippen LogP contribution in [0.25, 0.3) is 4.96 Å².